The first-order chi connectivity index (χ1) is 13.1. The smallest absolute Gasteiger partial charge is 0.311 e. The molecule has 2 aromatic rings. The van der Waals surface area contributed by atoms with E-state index in [0.717, 1.165) is 25.2 Å². The van der Waals surface area contributed by atoms with Gasteiger partial charge in [-0.25, -0.2) is 0 Å². The van der Waals surface area contributed by atoms with Gasteiger partial charge in [0, 0.05) is 24.7 Å². The highest BCUT2D eigenvalue weighted by molar-refractivity contribution is 5.95. The summed E-state index contributed by atoms with van der Waals surface area (Å²) in [5, 5.41) is 13.9. The predicted octanol–water partition coefficient (Wildman–Crippen LogP) is 3.13. The number of carbonyl (C=O) groups excluding carboxylic acids is 1. The second-order valence-electron chi connectivity index (χ2n) is 6.63. The van der Waals surface area contributed by atoms with Crippen molar-refractivity contribution >= 4 is 11.6 Å². The van der Waals surface area contributed by atoms with Gasteiger partial charge in [-0.15, -0.1) is 0 Å². The van der Waals surface area contributed by atoms with Crippen LogP contribution in [-0.2, 0) is 13.1 Å². The summed E-state index contributed by atoms with van der Waals surface area (Å²) in [4.78, 5) is 25.3. The van der Waals surface area contributed by atoms with E-state index in [9.17, 15) is 14.9 Å². The zero-order valence-corrected chi connectivity index (χ0v) is 15.3. The standard InChI is InChI=1S/C20H23N3O4/c1-27-19-9-8-17(12-18(19)23(25)26)20(24)21-13-15-4-6-16(7-5-15)14-22-10-2-3-11-22/h4-9,12H,2-3,10-11,13-14H2,1H3,(H,21,24). The third-order valence-electron chi connectivity index (χ3n) is 4.72. The SMILES string of the molecule is COc1ccc(C(=O)NCc2ccc(CN3CCCC3)cc2)cc1[N+](=O)[O-]. The number of carbonyl (C=O) groups is 1. The number of amides is 1. The van der Waals surface area contributed by atoms with E-state index in [2.05, 4.69) is 22.3 Å². The average molecular weight is 369 g/mol. The highest BCUT2D eigenvalue weighted by Gasteiger charge is 2.18. The van der Waals surface area contributed by atoms with Crippen LogP contribution in [0.15, 0.2) is 42.5 Å². The van der Waals surface area contributed by atoms with Crippen LogP contribution in [0.3, 0.4) is 0 Å². The predicted molar refractivity (Wildman–Crippen MR) is 102 cm³/mol. The Morgan fingerprint density at radius 3 is 2.44 bits per heavy atom. The lowest BCUT2D eigenvalue weighted by atomic mass is 10.1. The molecular weight excluding hydrogens is 346 g/mol. The van der Waals surface area contributed by atoms with Gasteiger partial charge in [-0.1, -0.05) is 24.3 Å². The summed E-state index contributed by atoms with van der Waals surface area (Å²) < 4.78 is 4.95. The number of ether oxygens (including phenoxy) is 1. The molecule has 0 aromatic heterocycles. The molecule has 3 rings (SSSR count). The first-order valence-electron chi connectivity index (χ1n) is 8.97. The van der Waals surface area contributed by atoms with Crippen LogP contribution >= 0.6 is 0 Å². The minimum Gasteiger partial charge on any atom is -0.490 e. The lowest BCUT2D eigenvalue weighted by Crippen LogP contribution is -2.23. The fourth-order valence-electron chi connectivity index (χ4n) is 3.22. The van der Waals surface area contributed by atoms with Crippen molar-refractivity contribution in [3.05, 3.63) is 69.3 Å². The summed E-state index contributed by atoms with van der Waals surface area (Å²) in [7, 11) is 1.36. The fourth-order valence-corrected chi connectivity index (χ4v) is 3.22. The number of nitrogens with one attached hydrogen (secondary N) is 1. The van der Waals surface area contributed by atoms with E-state index < -0.39 is 4.92 Å². The van der Waals surface area contributed by atoms with Crippen LogP contribution in [-0.4, -0.2) is 35.9 Å². The molecule has 0 atom stereocenters. The lowest BCUT2D eigenvalue weighted by molar-refractivity contribution is -0.385. The highest BCUT2D eigenvalue weighted by atomic mass is 16.6. The minimum absolute atomic E-state index is 0.130. The first kappa shape index (κ1) is 18.8. The summed E-state index contributed by atoms with van der Waals surface area (Å²) in [5.74, 6) is -0.230. The minimum atomic E-state index is -0.561. The van der Waals surface area contributed by atoms with Crippen LogP contribution in [0.25, 0.3) is 0 Å². The lowest BCUT2D eigenvalue weighted by Gasteiger charge is -2.14. The number of nitro groups is 1. The van der Waals surface area contributed by atoms with E-state index in [4.69, 9.17) is 4.74 Å². The molecule has 1 aliphatic heterocycles. The molecule has 0 bridgehead atoms. The zero-order valence-electron chi connectivity index (χ0n) is 15.3. The molecule has 7 heteroatoms. The quantitative estimate of drug-likeness (QED) is 0.599. The summed E-state index contributed by atoms with van der Waals surface area (Å²) in [5.41, 5.74) is 2.25. The maximum absolute atomic E-state index is 12.3. The van der Waals surface area contributed by atoms with Crippen molar-refractivity contribution in [3.8, 4) is 5.75 Å². The Labute approximate surface area is 158 Å². The van der Waals surface area contributed by atoms with Gasteiger partial charge in [0.1, 0.15) is 0 Å². The Bertz CT molecular complexity index is 814. The van der Waals surface area contributed by atoms with Crippen molar-refractivity contribution in [2.24, 2.45) is 0 Å². The Kier molecular flexibility index (Phi) is 6.03. The summed E-state index contributed by atoms with van der Waals surface area (Å²) in [6, 6.07) is 12.3. The maximum atomic E-state index is 12.3. The number of likely N-dealkylation sites (tertiary alicyclic amines) is 1. The van der Waals surface area contributed by atoms with Gasteiger partial charge in [-0.2, -0.15) is 0 Å². The molecule has 1 N–H and O–H groups in total. The topological polar surface area (TPSA) is 84.7 Å². The third kappa shape index (κ3) is 4.83. The molecule has 2 aromatic carbocycles. The molecule has 0 saturated carbocycles. The van der Waals surface area contributed by atoms with E-state index in [1.807, 2.05) is 12.1 Å². The van der Waals surface area contributed by atoms with Crippen LogP contribution in [0.5, 0.6) is 5.75 Å². The molecule has 1 aliphatic rings. The summed E-state index contributed by atoms with van der Waals surface area (Å²) >= 11 is 0. The van der Waals surface area contributed by atoms with Gasteiger partial charge >= 0.3 is 5.69 Å². The maximum Gasteiger partial charge on any atom is 0.311 e. The first-order valence-corrected chi connectivity index (χ1v) is 8.97. The molecule has 7 nitrogen and oxygen atoms in total. The Morgan fingerprint density at radius 1 is 1.15 bits per heavy atom. The van der Waals surface area contributed by atoms with Gasteiger partial charge in [0.25, 0.3) is 5.91 Å². The number of nitrogens with zero attached hydrogens (tertiary/aromatic N) is 2. The van der Waals surface area contributed by atoms with Gasteiger partial charge in [-0.3, -0.25) is 19.8 Å². The fraction of sp³-hybridized carbons (Fsp3) is 0.350. The van der Waals surface area contributed by atoms with Gasteiger partial charge in [0.05, 0.1) is 12.0 Å². The molecule has 142 valence electrons. The molecule has 1 amide bonds. The van der Waals surface area contributed by atoms with Crippen molar-refractivity contribution in [2.75, 3.05) is 20.2 Å². The number of nitro benzene ring substituents is 1. The van der Waals surface area contributed by atoms with Crippen molar-refractivity contribution in [2.45, 2.75) is 25.9 Å². The molecule has 1 heterocycles. The molecule has 27 heavy (non-hydrogen) atoms. The van der Waals surface area contributed by atoms with Gasteiger partial charge in [0.15, 0.2) is 5.75 Å². The van der Waals surface area contributed by atoms with Crippen LogP contribution < -0.4 is 10.1 Å². The van der Waals surface area contributed by atoms with Gasteiger partial charge < -0.3 is 10.1 Å². The molecule has 1 saturated heterocycles. The molecular formula is C20H23N3O4. The molecule has 1 fully saturated rings. The van der Waals surface area contributed by atoms with Crippen molar-refractivity contribution in [3.63, 3.8) is 0 Å². The second-order valence-corrected chi connectivity index (χ2v) is 6.63. The average Bonchev–Trinajstić information content (AvgIpc) is 3.19. The van der Waals surface area contributed by atoms with E-state index >= 15 is 0 Å². The van der Waals surface area contributed by atoms with E-state index in [1.165, 1.54) is 43.7 Å². The zero-order chi connectivity index (χ0) is 19.2. The van der Waals surface area contributed by atoms with Crippen LogP contribution in [0, 0.1) is 10.1 Å². The van der Waals surface area contributed by atoms with E-state index in [1.54, 1.807) is 0 Å². The Balaban J connectivity index is 1.58. The number of benzene rings is 2. The highest BCUT2D eigenvalue weighted by Crippen LogP contribution is 2.27. The molecule has 0 spiro atoms. The summed E-state index contributed by atoms with van der Waals surface area (Å²) in [6.07, 6.45) is 2.54. The van der Waals surface area contributed by atoms with Crippen LogP contribution in [0.2, 0.25) is 0 Å². The molecule has 0 aliphatic carbocycles. The van der Waals surface area contributed by atoms with E-state index in [0.29, 0.717) is 6.54 Å². The number of hydrogen-bond donors (Lipinski definition) is 1. The summed E-state index contributed by atoms with van der Waals surface area (Å²) in [6.45, 7) is 3.64. The normalized spacial score (nSPS) is 14.1. The van der Waals surface area contributed by atoms with Crippen molar-refractivity contribution in [1.82, 2.24) is 10.2 Å². The van der Waals surface area contributed by atoms with Crippen LogP contribution in [0.1, 0.15) is 34.3 Å². The van der Waals surface area contributed by atoms with Crippen molar-refractivity contribution < 1.29 is 14.5 Å². The molecule has 0 unspecified atom stereocenters. The Hall–Kier alpha value is -2.93. The number of rotatable bonds is 7. The monoisotopic (exact) mass is 369 g/mol. The van der Waals surface area contributed by atoms with Crippen molar-refractivity contribution in [1.29, 1.82) is 0 Å². The number of hydrogen-bond acceptors (Lipinski definition) is 5. The van der Waals surface area contributed by atoms with Gasteiger partial charge in [-0.05, 0) is 49.2 Å². The Morgan fingerprint density at radius 2 is 1.81 bits per heavy atom. The molecule has 0 radical (unpaired) electrons. The van der Waals surface area contributed by atoms with E-state index in [-0.39, 0.29) is 22.9 Å². The largest absolute Gasteiger partial charge is 0.490 e. The van der Waals surface area contributed by atoms with Gasteiger partial charge in [0.2, 0.25) is 0 Å². The second kappa shape index (κ2) is 8.64. The number of methoxy groups -OCH3 is 1. The van der Waals surface area contributed by atoms with Crippen LogP contribution in [0.4, 0.5) is 5.69 Å². The third-order valence-corrected chi connectivity index (χ3v) is 4.72.